The van der Waals surface area contributed by atoms with Crippen LogP contribution >= 0.6 is 0 Å². The number of amides is 2. The average Bonchev–Trinajstić information content (AvgIpc) is 3.34. The molecule has 0 radical (unpaired) electrons. The summed E-state index contributed by atoms with van der Waals surface area (Å²) < 4.78 is 24.9. The maximum atomic E-state index is 14.2. The van der Waals surface area contributed by atoms with E-state index in [4.69, 9.17) is 9.47 Å². The van der Waals surface area contributed by atoms with Crippen LogP contribution in [0.25, 0.3) is 0 Å². The highest BCUT2D eigenvalue weighted by atomic mass is 19.1. The molecule has 3 aliphatic heterocycles. The predicted molar refractivity (Wildman–Crippen MR) is 184 cm³/mol. The van der Waals surface area contributed by atoms with E-state index in [0.717, 1.165) is 17.7 Å². The third-order valence-electron chi connectivity index (χ3n) is 9.39. The van der Waals surface area contributed by atoms with E-state index in [-0.39, 0.29) is 49.0 Å². The van der Waals surface area contributed by atoms with Crippen molar-refractivity contribution in [2.24, 2.45) is 0 Å². The number of hydrogen-bond acceptors (Lipinski definition) is 7. The zero-order valence-corrected chi connectivity index (χ0v) is 29.2. The Labute approximate surface area is 284 Å². The number of anilines is 1. The molecule has 2 amide bonds. The molecule has 2 aromatic carbocycles. The van der Waals surface area contributed by atoms with Gasteiger partial charge in [0.15, 0.2) is 0 Å². The lowest BCUT2D eigenvalue weighted by atomic mass is 9.84. The molecule has 0 aliphatic carbocycles. The molecule has 11 heteroatoms. The number of piperazine rings is 1. The molecule has 3 heterocycles. The lowest BCUT2D eigenvalue weighted by Crippen LogP contribution is -2.64. The Morgan fingerprint density at radius 2 is 1.69 bits per heavy atom. The minimum Gasteiger partial charge on any atom is -0.481 e. The van der Waals surface area contributed by atoms with Crippen LogP contribution in [-0.2, 0) is 30.9 Å². The zero-order chi connectivity index (χ0) is 35.4. The summed E-state index contributed by atoms with van der Waals surface area (Å²) in [7, 11) is 0. The summed E-state index contributed by atoms with van der Waals surface area (Å²) >= 11 is 0. The second-order valence-electron chi connectivity index (χ2n) is 14.3. The number of halogens is 1. The van der Waals surface area contributed by atoms with Crippen LogP contribution in [0.2, 0.25) is 0 Å². The van der Waals surface area contributed by atoms with Crippen LogP contribution in [0.5, 0.6) is 0 Å². The van der Waals surface area contributed by atoms with Gasteiger partial charge >= 0.3 is 12.1 Å². The van der Waals surface area contributed by atoms with Gasteiger partial charge in [-0.15, -0.1) is 13.2 Å². The minimum atomic E-state index is -1.26. The number of aliphatic carboxylic acids is 1. The Hall–Kier alpha value is -3.80. The molecule has 5 rings (SSSR count). The summed E-state index contributed by atoms with van der Waals surface area (Å²) in [6, 6.07) is 11.7. The SMILES string of the molecule is C=C.CC1COCCN1C[C@H]1CN(C(=O)OC(C)(C)C)C(C)CN1CC(=O)N1CC(C)(C(=O)O)c2ccc(Cc3ccc(F)cc3)cc21. The van der Waals surface area contributed by atoms with Crippen LogP contribution in [-0.4, -0.2) is 114 Å². The smallest absolute Gasteiger partial charge is 0.410 e. The first-order valence-corrected chi connectivity index (χ1v) is 16.6. The topological polar surface area (TPSA) is 103 Å². The van der Waals surface area contributed by atoms with Crippen molar-refractivity contribution in [2.75, 3.05) is 57.4 Å². The molecule has 4 atom stereocenters. The molecule has 48 heavy (non-hydrogen) atoms. The molecule has 1 N–H and O–H groups in total. The Kier molecular flexibility index (Phi) is 11.7. The third kappa shape index (κ3) is 8.43. The number of morpholine rings is 1. The highest BCUT2D eigenvalue weighted by Gasteiger charge is 2.48. The van der Waals surface area contributed by atoms with Gasteiger partial charge in [0.2, 0.25) is 5.91 Å². The molecular weight excluding hydrogens is 615 g/mol. The van der Waals surface area contributed by atoms with Crippen LogP contribution in [0.1, 0.15) is 58.2 Å². The monoisotopic (exact) mass is 666 g/mol. The first kappa shape index (κ1) is 37.0. The second-order valence-corrected chi connectivity index (χ2v) is 14.3. The molecule has 3 unspecified atom stereocenters. The maximum absolute atomic E-state index is 14.2. The number of hydrogen-bond donors (Lipinski definition) is 1. The number of ether oxygens (including phenoxy) is 2. The fourth-order valence-electron chi connectivity index (χ4n) is 6.72. The molecule has 0 spiro atoms. The largest absolute Gasteiger partial charge is 0.481 e. The van der Waals surface area contributed by atoms with Gasteiger partial charge in [0.05, 0.1) is 19.8 Å². The molecule has 0 aromatic heterocycles. The summed E-state index contributed by atoms with van der Waals surface area (Å²) in [5.41, 5.74) is 1.11. The van der Waals surface area contributed by atoms with Crippen molar-refractivity contribution in [2.45, 2.75) is 77.1 Å². The first-order valence-electron chi connectivity index (χ1n) is 16.6. The standard InChI is InChI=1S/C35H47FN4O6.C2H4/c1-23-17-38(28(18-37-13-14-45-21-24(37)2)19-39(23)33(44)46-34(3,4)5)20-31(41)40-22-35(6,32(42)43)29-12-9-26(16-30(29)40)15-25-7-10-27(36)11-8-25;1-2/h7-12,16,23-24,28H,13-15,17-22H2,1-6H3,(H,42,43);1-2H2/t23?,24?,28-,35?;/m0./s1. The van der Waals surface area contributed by atoms with Crippen molar-refractivity contribution >= 4 is 23.7 Å². The lowest BCUT2D eigenvalue weighted by Gasteiger charge is -2.47. The fourth-order valence-corrected chi connectivity index (χ4v) is 6.72. The molecule has 0 bridgehead atoms. The number of carbonyl (C=O) groups is 3. The Morgan fingerprint density at radius 1 is 1.02 bits per heavy atom. The van der Waals surface area contributed by atoms with Gasteiger partial charge in [0.1, 0.15) is 16.8 Å². The highest BCUT2D eigenvalue weighted by molar-refractivity contribution is 6.01. The van der Waals surface area contributed by atoms with Crippen molar-refractivity contribution in [1.82, 2.24) is 14.7 Å². The predicted octanol–water partition coefficient (Wildman–Crippen LogP) is 4.94. The number of carbonyl (C=O) groups excluding carboxylic acids is 2. The Bertz CT molecular complexity index is 1460. The van der Waals surface area contributed by atoms with Gasteiger partial charge in [-0.25, -0.2) is 9.18 Å². The van der Waals surface area contributed by atoms with Gasteiger partial charge in [-0.05, 0) is 82.9 Å². The molecule has 2 fully saturated rings. The van der Waals surface area contributed by atoms with Crippen LogP contribution in [0.15, 0.2) is 55.6 Å². The summed E-state index contributed by atoms with van der Waals surface area (Å²) in [5.74, 6) is -1.49. The molecule has 0 saturated carbocycles. The van der Waals surface area contributed by atoms with Gasteiger partial charge in [0.25, 0.3) is 0 Å². The van der Waals surface area contributed by atoms with E-state index in [1.165, 1.54) is 12.1 Å². The summed E-state index contributed by atoms with van der Waals surface area (Å²) in [4.78, 5) is 47.8. The van der Waals surface area contributed by atoms with Gasteiger partial charge in [-0.3, -0.25) is 19.4 Å². The van der Waals surface area contributed by atoms with E-state index < -0.39 is 17.0 Å². The Morgan fingerprint density at radius 3 is 2.31 bits per heavy atom. The molecule has 3 aliphatic rings. The van der Waals surface area contributed by atoms with Crippen molar-refractivity contribution in [1.29, 1.82) is 0 Å². The molecule has 10 nitrogen and oxygen atoms in total. The Balaban J connectivity index is 0.00000255. The molecular formula is C37H51FN4O6. The van der Waals surface area contributed by atoms with Crippen LogP contribution in [0.4, 0.5) is 14.9 Å². The van der Waals surface area contributed by atoms with Crippen molar-refractivity contribution in [3.63, 3.8) is 0 Å². The van der Waals surface area contributed by atoms with E-state index in [1.807, 2.05) is 39.8 Å². The van der Waals surface area contributed by atoms with E-state index in [0.29, 0.717) is 50.5 Å². The number of carboxylic acids is 1. The van der Waals surface area contributed by atoms with E-state index in [9.17, 15) is 23.9 Å². The quantitative estimate of drug-likeness (QED) is 0.415. The van der Waals surface area contributed by atoms with Crippen molar-refractivity contribution in [3.8, 4) is 0 Å². The van der Waals surface area contributed by atoms with Gasteiger partial charge < -0.3 is 24.4 Å². The van der Waals surface area contributed by atoms with Crippen molar-refractivity contribution < 1.29 is 33.4 Å². The lowest BCUT2D eigenvalue weighted by molar-refractivity contribution is -0.142. The third-order valence-corrected chi connectivity index (χ3v) is 9.39. The van der Waals surface area contributed by atoms with E-state index in [2.05, 4.69) is 29.9 Å². The first-order chi connectivity index (χ1) is 22.6. The normalized spacial score (nSPS) is 24.8. The number of carboxylic acid groups (broad SMARTS) is 1. The number of benzene rings is 2. The fraction of sp³-hybridized carbons (Fsp3) is 0.541. The number of rotatable bonds is 7. The molecule has 262 valence electrons. The van der Waals surface area contributed by atoms with E-state index >= 15 is 0 Å². The van der Waals surface area contributed by atoms with Crippen LogP contribution < -0.4 is 4.90 Å². The number of nitrogens with zero attached hydrogens (tertiary/aromatic N) is 4. The van der Waals surface area contributed by atoms with E-state index in [1.54, 1.807) is 34.9 Å². The average molecular weight is 667 g/mol. The van der Waals surface area contributed by atoms with Crippen LogP contribution in [0.3, 0.4) is 0 Å². The summed E-state index contributed by atoms with van der Waals surface area (Å²) in [6.45, 7) is 20.9. The maximum Gasteiger partial charge on any atom is 0.410 e. The zero-order valence-electron chi connectivity index (χ0n) is 29.2. The second kappa shape index (κ2) is 15.2. The van der Waals surface area contributed by atoms with Gasteiger partial charge in [-0.1, -0.05) is 24.3 Å². The highest BCUT2D eigenvalue weighted by Crippen LogP contribution is 2.42. The number of fused-ring (bicyclic) bond motifs is 1. The minimum absolute atomic E-state index is 0.0229. The van der Waals surface area contributed by atoms with Crippen molar-refractivity contribution in [3.05, 3.63) is 78.1 Å². The van der Waals surface area contributed by atoms with Gasteiger partial charge in [-0.2, -0.15) is 0 Å². The van der Waals surface area contributed by atoms with Crippen LogP contribution in [0, 0.1) is 5.82 Å². The summed E-state index contributed by atoms with van der Waals surface area (Å²) in [5, 5.41) is 10.3. The van der Waals surface area contributed by atoms with Gasteiger partial charge in [0, 0.05) is 56.5 Å². The summed E-state index contributed by atoms with van der Waals surface area (Å²) in [6.07, 6.45) is 0.147. The molecule has 2 aromatic rings. The molecule has 2 saturated heterocycles.